The zero-order chi connectivity index (χ0) is 80.0. The molecule has 0 unspecified atom stereocenters. The highest BCUT2D eigenvalue weighted by atomic mass is 35.5. The molecule has 0 spiro atoms. The molecule has 0 bridgehead atoms. The van der Waals surface area contributed by atoms with Crippen LogP contribution in [0, 0.1) is 0 Å². The predicted molar refractivity (Wildman–Crippen MR) is 441 cm³/mol. The number of carbonyl (C=O) groups excluding carboxylic acids is 6. The number of carbonyl (C=O) groups is 6. The van der Waals surface area contributed by atoms with Crippen LogP contribution < -0.4 is 80.2 Å². The second-order valence-corrected chi connectivity index (χ2v) is 28.0. The lowest BCUT2D eigenvalue weighted by atomic mass is 9.90. The maximum absolute atomic E-state index is 14.2. The third-order valence-electron chi connectivity index (χ3n) is 19.3. The SMILES string of the molecule is C=CC(=O)Cc1ccccc1Nc1ncc2c(n1)N(C)C(=O)N(c1c(Cl)cccc1Cl)C2.C=CC(=O)N[C@H]1CCCC[C@H]1Nc1ncc2c(n1)N(Cc1ccccc1)C(=O)N(c1c(Cl)c(OC)cc(OC)c1Cl)C2.C=CC(=O)Nc1ccccc1Nc1ncc2c(n1)N(C1CCNCC1)C(=O)N(c1cc(OC)cc(OC)c1)C2. The molecule has 8 amide bonds. The van der Waals surface area contributed by atoms with Crippen molar-refractivity contribution < 1.29 is 47.7 Å². The number of ketones is 1. The number of benzene rings is 6. The van der Waals surface area contributed by atoms with Gasteiger partial charge in [-0.25, -0.2) is 29.3 Å². The van der Waals surface area contributed by atoms with E-state index >= 15 is 0 Å². The Morgan fingerprint density at radius 1 is 0.549 bits per heavy atom. The first-order valence-electron chi connectivity index (χ1n) is 36.1. The van der Waals surface area contributed by atoms with Crippen molar-refractivity contribution >= 4 is 152 Å². The van der Waals surface area contributed by atoms with Crippen LogP contribution in [-0.2, 0) is 47.0 Å². The minimum atomic E-state index is -0.371. The van der Waals surface area contributed by atoms with Crippen molar-refractivity contribution in [2.45, 2.75) is 89.3 Å². The molecule has 1 saturated heterocycles. The van der Waals surface area contributed by atoms with Crippen molar-refractivity contribution in [3.8, 4) is 23.0 Å². The van der Waals surface area contributed by atoms with Gasteiger partial charge >= 0.3 is 18.1 Å². The van der Waals surface area contributed by atoms with Crippen molar-refractivity contribution in [3.05, 3.63) is 226 Å². The van der Waals surface area contributed by atoms with Gasteiger partial charge in [-0.15, -0.1) is 0 Å². The number of methoxy groups -OCH3 is 4. The Hall–Kier alpha value is -12.1. The molecular weight excluding hydrogens is 1530 g/mol. The fraction of sp³-hybridized carbons (Fsp3) is 0.259. The molecule has 2 fully saturated rings. The van der Waals surface area contributed by atoms with E-state index in [0.29, 0.717) is 102 Å². The Balaban J connectivity index is 0.000000158. The number of hydrogen-bond donors (Lipinski definition) is 6. The number of amides is 8. The molecule has 2 atom stereocenters. The summed E-state index contributed by atoms with van der Waals surface area (Å²) in [6.07, 6.45) is 14.4. The number of halogens is 4. The molecule has 4 aliphatic heterocycles. The molecule has 3 aromatic heterocycles. The zero-order valence-corrected chi connectivity index (χ0v) is 65.5. The van der Waals surface area contributed by atoms with Gasteiger partial charge in [0.2, 0.25) is 29.7 Å². The molecule has 0 radical (unpaired) electrons. The van der Waals surface area contributed by atoms with Crippen molar-refractivity contribution in [3.63, 3.8) is 0 Å². The first-order valence-corrected chi connectivity index (χ1v) is 37.6. The van der Waals surface area contributed by atoms with Crippen molar-refractivity contribution in [1.82, 2.24) is 40.5 Å². The molecule has 6 aromatic carbocycles. The summed E-state index contributed by atoms with van der Waals surface area (Å²) in [5, 5.41) is 20.0. The average molecular weight is 1610 g/mol. The molecule has 1 saturated carbocycles. The summed E-state index contributed by atoms with van der Waals surface area (Å²) in [6.45, 7) is 13.1. The lowest BCUT2D eigenvalue weighted by Crippen LogP contribution is -2.55. The van der Waals surface area contributed by atoms with Gasteiger partial charge in [0.25, 0.3) is 0 Å². The van der Waals surface area contributed by atoms with Crippen molar-refractivity contribution in [2.75, 3.05) is 99.2 Å². The number of urea groups is 3. The van der Waals surface area contributed by atoms with Gasteiger partial charge in [0, 0.05) is 96.8 Å². The third kappa shape index (κ3) is 18.4. The van der Waals surface area contributed by atoms with Gasteiger partial charge < -0.3 is 50.8 Å². The summed E-state index contributed by atoms with van der Waals surface area (Å²) in [5.41, 5.74) is 7.22. The minimum absolute atomic E-state index is 0.0327. The summed E-state index contributed by atoms with van der Waals surface area (Å²) in [5.74, 6) is 3.72. The third-order valence-corrected chi connectivity index (χ3v) is 20.7. The second-order valence-electron chi connectivity index (χ2n) is 26.5. The standard InChI is InChI=1S/C30H32Cl2N6O4.C28H31N7O4.C23H19Cl2N5O2/c1-4-24(39)34-20-12-8-9-13-21(20)35-29-33-15-19-17-37(27-25(31)22(41-2)14-23(42-3)26(27)32)30(40)38(28(19)36-29)16-18-10-6-5-7-11-18;1-4-25(36)31-23-7-5-6-8-24(23)32-27-30-16-18-17-34(20-13-21(38-2)15-22(14-20)39-3)28(37)35(26(18)33-27)19-9-11-29-12-10-19;1-3-16(31)11-14-7-4-5-10-19(14)27-22-26-12-15-13-30(23(32)29(2)21(15)28-22)20-17(24)8-6-9-18(20)25/h4-7,10-11,14-15,20-21H,1,8-9,12-13,16-17H2,2-3H3,(H,34,39)(H,33,35,36);4-8,13-16,19,29H,1,9-12,17H2,2-3H3,(H,31,36)(H,30,32,33);3-10,12H,1,11,13H2,2H3,(H,26,27,28)/t20-,21+;;/m0../s1. The lowest BCUT2D eigenvalue weighted by Gasteiger charge is -2.41. The number of nitrogens with one attached hydrogen (secondary N) is 6. The lowest BCUT2D eigenvalue weighted by molar-refractivity contribution is -0.117. The van der Waals surface area contributed by atoms with Crippen LogP contribution in [-0.4, -0.2) is 132 Å². The zero-order valence-electron chi connectivity index (χ0n) is 62.5. The number of para-hydroxylation sites is 4. The number of fused-ring (bicyclic) bond motifs is 3. The fourth-order valence-corrected chi connectivity index (χ4v) is 14.9. The van der Waals surface area contributed by atoms with Crippen LogP contribution in [0.5, 0.6) is 23.0 Å². The van der Waals surface area contributed by atoms with E-state index in [9.17, 15) is 28.8 Å². The van der Waals surface area contributed by atoms with Gasteiger partial charge in [0.05, 0.1) is 93.1 Å². The van der Waals surface area contributed by atoms with E-state index in [0.717, 1.165) is 73.9 Å². The molecule has 113 heavy (non-hydrogen) atoms. The van der Waals surface area contributed by atoms with E-state index in [1.807, 2.05) is 84.9 Å². The molecular formula is C81H82Cl4N18O10. The van der Waals surface area contributed by atoms with Crippen LogP contribution in [0.4, 0.5) is 83.8 Å². The average Bonchev–Trinajstić information content (AvgIpc) is 0.622. The topological polar surface area (TPSA) is 308 Å². The number of nitrogens with zero attached hydrogens (tertiary/aromatic N) is 12. The van der Waals surface area contributed by atoms with Crippen molar-refractivity contribution in [1.29, 1.82) is 0 Å². The quantitative estimate of drug-likeness (QED) is 0.0324. The number of hydrogen-bond acceptors (Lipinski definition) is 20. The van der Waals surface area contributed by atoms with Crippen LogP contribution in [0.1, 0.15) is 66.3 Å². The summed E-state index contributed by atoms with van der Waals surface area (Å²) < 4.78 is 21.8. The number of aromatic nitrogens is 6. The van der Waals surface area contributed by atoms with Crippen LogP contribution in [0.2, 0.25) is 20.1 Å². The number of anilines is 12. The van der Waals surface area contributed by atoms with Crippen molar-refractivity contribution in [2.24, 2.45) is 0 Å². The summed E-state index contributed by atoms with van der Waals surface area (Å²) in [7, 11) is 7.75. The molecule has 14 rings (SSSR count). The smallest absolute Gasteiger partial charge is 0.330 e. The predicted octanol–water partition coefficient (Wildman–Crippen LogP) is 15.4. The Morgan fingerprint density at radius 3 is 1.71 bits per heavy atom. The van der Waals surface area contributed by atoms with E-state index in [2.05, 4.69) is 71.6 Å². The van der Waals surface area contributed by atoms with Gasteiger partial charge in [-0.3, -0.25) is 43.8 Å². The van der Waals surface area contributed by atoms with Gasteiger partial charge in [-0.05, 0) is 98.5 Å². The van der Waals surface area contributed by atoms with E-state index in [1.165, 1.54) is 47.1 Å². The molecule has 28 nitrogen and oxygen atoms in total. The first-order chi connectivity index (χ1) is 54.7. The maximum atomic E-state index is 14.2. The Morgan fingerprint density at radius 2 is 1.09 bits per heavy atom. The largest absolute Gasteiger partial charge is 0.497 e. The molecule has 584 valence electrons. The van der Waals surface area contributed by atoms with E-state index < -0.39 is 0 Å². The van der Waals surface area contributed by atoms with Gasteiger partial charge in [-0.2, -0.15) is 15.0 Å². The maximum Gasteiger partial charge on any atom is 0.330 e. The normalized spacial score (nSPS) is 15.8. The first kappa shape index (κ1) is 80.4. The Kier molecular flexibility index (Phi) is 26.2. The molecule has 7 heterocycles. The number of allylic oxidation sites excluding steroid dienone is 1. The summed E-state index contributed by atoms with van der Waals surface area (Å²) in [4.78, 5) is 114. The van der Waals surface area contributed by atoms with Gasteiger partial charge in [0.15, 0.2) is 5.78 Å². The molecule has 1 aliphatic carbocycles. The Labute approximate surface area is 673 Å². The van der Waals surface area contributed by atoms with E-state index in [1.54, 1.807) is 91.0 Å². The van der Waals surface area contributed by atoms with Crippen LogP contribution >= 0.6 is 46.4 Å². The van der Waals surface area contributed by atoms with E-state index in [4.69, 9.17) is 75.3 Å². The highest BCUT2D eigenvalue weighted by Gasteiger charge is 2.41. The molecule has 6 N–H and O–H groups in total. The molecule has 9 aromatic rings. The Bertz CT molecular complexity index is 5030. The highest BCUT2D eigenvalue weighted by molar-refractivity contribution is 6.42. The number of piperidine rings is 1. The van der Waals surface area contributed by atoms with Crippen LogP contribution in [0.15, 0.2) is 178 Å². The fourth-order valence-electron chi connectivity index (χ4n) is 13.6. The monoisotopic (exact) mass is 1610 g/mol. The van der Waals surface area contributed by atoms with Crippen LogP contribution in [0.3, 0.4) is 0 Å². The highest BCUT2D eigenvalue weighted by Crippen LogP contribution is 2.49. The number of ether oxygens (including phenoxy) is 4. The molecule has 5 aliphatic rings. The summed E-state index contributed by atoms with van der Waals surface area (Å²) in [6, 6.07) is 35.3. The summed E-state index contributed by atoms with van der Waals surface area (Å²) >= 11 is 26.1. The van der Waals surface area contributed by atoms with E-state index in [-0.39, 0.29) is 102 Å². The van der Waals surface area contributed by atoms with Gasteiger partial charge in [-0.1, -0.05) is 146 Å². The van der Waals surface area contributed by atoms with Gasteiger partial charge in [0.1, 0.15) is 50.5 Å². The minimum Gasteiger partial charge on any atom is -0.497 e. The second kappa shape index (κ2) is 36.8. The number of rotatable bonds is 23. The van der Waals surface area contributed by atoms with Crippen LogP contribution in [0.25, 0.3) is 0 Å². The molecule has 32 heteroatoms.